The lowest BCUT2D eigenvalue weighted by Gasteiger charge is -2.31. The molecule has 1 saturated heterocycles. The van der Waals surface area contributed by atoms with Gasteiger partial charge in [0.25, 0.3) is 0 Å². The fourth-order valence-corrected chi connectivity index (χ4v) is 4.36. The number of primary amides is 1. The Morgan fingerprint density at radius 2 is 2.10 bits per heavy atom. The molecule has 1 aliphatic rings. The van der Waals surface area contributed by atoms with Gasteiger partial charge in [0.05, 0.1) is 4.90 Å². The molecule has 1 amide bonds. The van der Waals surface area contributed by atoms with Gasteiger partial charge in [0.1, 0.15) is 0 Å². The quantitative estimate of drug-likeness (QED) is 0.793. The Morgan fingerprint density at radius 1 is 1.43 bits per heavy atom. The first-order valence-electron chi connectivity index (χ1n) is 6.14. The number of nitrogens with two attached hydrogens (primary N) is 1. The molecular formula is C12H17BrClN3O3S. The van der Waals surface area contributed by atoms with Crippen LogP contribution in [0.1, 0.15) is 17.3 Å². The number of hydrogen-bond donors (Lipinski definition) is 2. The molecule has 21 heavy (non-hydrogen) atoms. The molecule has 0 radical (unpaired) electrons. The molecule has 0 aromatic heterocycles. The van der Waals surface area contributed by atoms with Crippen LogP contribution in [0.15, 0.2) is 27.6 Å². The van der Waals surface area contributed by atoms with Crippen molar-refractivity contribution in [2.45, 2.75) is 17.9 Å². The Labute approximate surface area is 138 Å². The molecule has 1 aromatic rings. The Morgan fingerprint density at radius 3 is 2.67 bits per heavy atom. The zero-order chi connectivity index (χ0) is 14.9. The van der Waals surface area contributed by atoms with E-state index in [0.717, 1.165) is 0 Å². The van der Waals surface area contributed by atoms with Crippen LogP contribution < -0.4 is 11.1 Å². The van der Waals surface area contributed by atoms with E-state index in [1.165, 1.54) is 22.5 Å². The van der Waals surface area contributed by atoms with Gasteiger partial charge in [-0.25, -0.2) is 8.42 Å². The number of nitrogens with zero attached hydrogens (tertiary/aromatic N) is 1. The molecule has 0 saturated carbocycles. The number of carbonyl (C=O) groups is 1. The van der Waals surface area contributed by atoms with E-state index in [4.69, 9.17) is 5.73 Å². The first-order chi connectivity index (χ1) is 9.30. The van der Waals surface area contributed by atoms with E-state index in [1.54, 1.807) is 0 Å². The van der Waals surface area contributed by atoms with Crippen molar-refractivity contribution in [3.8, 4) is 0 Å². The van der Waals surface area contributed by atoms with Gasteiger partial charge in [-0.05, 0) is 25.1 Å². The molecule has 1 fully saturated rings. The van der Waals surface area contributed by atoms with E-state index in [2.05, 4.69) is 21.2 Å². The monoisotopic (exact) mass is 397 g/mol. The minimum Gasteiger partial charge on any atom is -0.366 e. The SMILES string of the molecule is C[C@@H]1CN(S(=O)(=O)c2cc(Br)cc(C(N)=O)c2)CCN1.Cl. The summed E-state index contributed by atoms with van der Waals surface area (Å²) in [6.45, 7) is 3.35. The molecule has 3 N–H and O–H groups in total. The second-order valence-electron chi connectivity index (χ2n) is 4.76. The second kappa shape index (κ2) is 7.06. The Kier molecular flexibility index (Phi) is 6.18. The zero-order valence-corrected chi connectivity index (χ0v) is 14.6. The molecule has 0 unspecified atom stereocenters. The van der Waals surface area contributed by atoms with Gasteiger partial charge in [-0.3, -0.25) is 4.79 Å². The highest BCUT2D eigenvalue weighted by Crippen LogP contribution is 2.23. The second-order valence-corrected chi connectivity index (χ2v) is 7.61. The van der Waals surface area contributed by atoms with E-state index in [-0.39, 0.29) is 28.9 Å². The number of benzene rings is 1. The molecule has 6 nitrogen and oxygen atoms in total. The number of rotatable bonds is 3. The van der Waals surface area contributed by atoms with Crippen molar-refractivity contribution in [3.05, 3.63) is 28.2 Å². The van der Waals surface area contributed by atoms with Gasteiger partial charge in [0.2, 0.25) is 15.9 Å². The Balaban J connectivity index is 0.00000220. The highest BCUT2D eigenvalue weighted by molar-refractivity contribution is 9.10. The maximum Gasteiger partial charge on any atom is 0.248 e. The highest BCUT2D eigenvalue weighted by atomic mass is 79.9. The molecule has 118 valence electrons. The number of amides is 1. The molecule has 1 aromatic carbocycles. The minimum absolute atomic E-state index is 0. The largest absolute Gasteiger partial charge is 0.366 e. The van der Waals surface area contributed by atoms with Gasteiger partial charge >= 0.3 is 0 Å². The molecule has 9 heteroatoms. The van der Waals surface area contributed by atoms with E-state index >= 15 is 0 Å². The Bertz CT molecular complexity index is 639. The van der Waals surface area contributed by atoms with Crippen LogP contribution in [-0.4, -0.2) is 44.3 Å². The Hall–Kier alpha value is -0.670. The van der Waals surface area contributed by atoms with Gasteiger partial charge in [-0.2, -0.15) is 4.31 Å². The number of hydrogen-bond acceptors (Lipinski definition) is 4. The fraction of sp³-hybridized carbons (Fsp3) is 0.417. The van der Waals surface area contributed by atoms with Gasteiger partial charge in [0.15, 0.2) is 0 Å². The van der Waals surface area contributed by atoms with Crippen molar-refractivity contribution in [2.24, 2.45) is 5.73 Å². The number of halogens is 2. The molecule has 1 atom stereocenters. The number of carbonyl (C=O) groups excluding carboxylic acids is 1. The predicted octanol–water partition coefficient (Wildman–Crippen LogP) is 0.952. The molecular weight excluding hydrogens is 382 g/mol. The van der Waals surface area contributed by atoms with Crippen LogP contribution in [-0.2, 0) is 10.0 Å². The van der Waals surface area contributed by atoms with Crippen molar-refractivity contribution < 1.29 is 13.2 Å². The van der Waals surface area contributed by atoms with E-state index in [9.17, 15) is 13.2 Å². The summed E-state index contributed by atoms with van der Waals surface area (Å²) in [5, 5.41) is 3.19. The molecule has 0 bridgehead atoms. The van der Waals surface area contributed by atoms with Crippen LogP contribution in [0.5, 0.6) is 0 Å². The van der Waals surface area contributed by atoms with Crippen LogP contribution in [0.25, 0.3) is 0 Å². The van der Waals surface area contributed by atoms with Crippen LogP contribution in [0.2, 0.25) is 0 Å². The van der Waals surface area contributed by atoms with E-state index in [0.29, 0.717) is 24.1 Å². The lowest BCUT2D eigenvalue weighted by atomic mass is 10.2. The molecule has 1 heterocycles. The van der Waals surface area contributed by atoms with Gasteiger partial charge in [-0.15, -0.1) is 12.4 Å². The van der Waals surface area contributed by atoms with Crippen LogP contribution in [0, 0.1) is 0 Å². The lowest BCUT2D eigenvalue weighted by Crippen LogP contribution is -2.51. The summed E-state index contributed by atoms with van der Waals surface area (Å²) in [5.41, 5.74) is 5.38. The minimum atomic E-state index is -3.62. The van der Waals surface area contributed by atoms with Crippen LogP contribution in [0.4, 0.5) is 0 Å². The van der Waals surface area contributed by atoms with Crippen molar-refractivity contribution in [2.75, 3.05) is 19.6 Å². The maximum absolute atomic E-state index is 12.6. The molecule has 0 spiro atoms. The number of piperazine rings is 1. The van der Waals surface area contributed by atoms with Gasteiger partial charge in [0, 0.05) is 35.7 Å². The predicted molar refractivity (Wildman–Crippen MR) is 86.1 cm³/mol. The maximum atomic E-state index is 12.6. The zero-order valence-electron chi connectivity index (χ0n) is 11.4. The highest BCUT2D eigenvalue weighted by Gasteiger charge is 2.29. The molecule has 1 aliphatic heterocycles. The van der Waals surface area contributed by atoms with E-state index in [1.807, 2.05) is 6.92 Å². The summed E-state index contributed by atoms with van der Waals surface area (Å²) in [4.78, 5) is 11.3. The summed E-state index contributed by atoms with van der Waals surface area (Å²) in [5.74, 6) is -0.656. The summed E-state index contributed by atoms with van der Waals surface area (Å²) in [7, 11) is -3.62. The number of nitrogens with one attached hydrogen (secondary N) is 1. The van der Waals surface area contributed by atoms with Crippen molar-refractivity contribution in [3.63, 3.8) is 0 Å². The van der Waals surface area contributed by atoms with Crippen molar-refractivity contribution >= 4 is 44.3 Å². The van der Waals surface area contributed by atoms with Gasteiger partial charge < -0.3 is 11.1 Å². The standard InChI is InChI=1S/C12H16BrN3O3S.ClH/c1-8-7-16(3-2-15-8)20(18,19)11-5-9(12(14)17)4-10(13)6-11;/h4-6,8,15H,2-3,7H2,1H3,(H2,14,17);1H/t8-;/m1./s1. The average Bonchev–Trinajstić information content (AvgIpc) is 2.38. The van der Waals surface area contributed by atoms with Crippen LogP contribution in [0.3, 0.4) is 0 Å². The van der Waals surface area contributed by atoms with E-state index < -0.39 is 15.9 Å². The normalized spacial score (nSPS) is 19.8. The number of sulfonamides is 1. The summed E-state index contributed by atoms with van der Waals surface area (Å²) in [6, 6.07) is 4.40. The van der Waals surface area contributed by atoms with Crippen molar-refractivity contribution in [1.82, 2.24) is 9.62 Å². The summed E-state index contributed by atoms with van der Waals surface area (Å²) in [6.07, 6.45) is 0. The van der Waals surface area contributed by atoms with Gasteiger partial charge in [-0.1, -0.05) is 15.9 Å². The summed E-state index contributed by atoms with van der Waals surface area (Å²) < 4.78 is 27.1. The first-order valence-corrected chi connectivity index (χ1v) is 8.38. The lowest BCUT2D eigenvalue weighted by molar-refractivity contribution is 0.1000. The topological polar surface area (TPSA) is 92.5 Å². The average molecular weight is 399 g/mol. The third-order valence-corrected chi connectivity index (χ3v) is 5.43. The third kappa shape index (κ3) is 4.17. The fourth-order valence-electron chi connectivity index (χ4n) is 2.12. The third-order valence-electron chi connectivity index (χ3n) is 3.13. The van der Waals surface area contributed by atoms with Crippen LogP contribution >= 0.6 is 28.3 Å². The smallest absolute Gasteiger partial charge is 0.248 e. The first kappa shape index (κ1) is 18.4. The molecule has 2 rings (SSSR count). The van der Waals surface area contributed by atoms with Crippen molar-refractivity contribution in [1.29, 1.82) is 0 Å². The molecule has 0 aliphatic carbocycles. The summed E-state index contributed by atoms with van der Waals surface area (Å²) >= 11 is 3.21.